The molecular formula is C24H25N3O4. The molecule has 1 amide bonds. The fraction of sp³-hybridized carbons (Fsp3) is 0.333. The zero-order valence-corrected chi connectivity index (χ0v) is 17.8. The smallest absolute Gasteiger partial charge is 0.254 e. The molecule has 0 radical (unpaired) electrons. The van der Waals surface area contributed by atoms with E-state index in [0.29, 0.717) is 38.5 Å². The summed E-state index contributed by atoms with van der Waals surface area (Å²) in [4.78, 5) is 15.4. The Hall–Kier alpha value is -3.48. The van der Waals surface area contributed by atoms with Gasteiger partial charge in [-0.05, 0) is 54.4 Å². The van der Waals surface area contributed by atoms with Crippen molar-refractivity contribution in [2.75, 3.05) is 19.8 Å². The van der Waals surface area contributed by atoms with Crippen molar-refractivity contribution in [3.05, 3.63) is 70.5 Å². The number of benzene rings is 2. The van der Waals surface area contributed by atoms with Crippen LogP contribution in [0.1, 0.15) is 32.9 Å². The van der Waals surface area contributed by atoms with Gasteiger partial charge in [0.1, 0.15) is 19.0 Å². The maximum Gasteiger partial charge on any atom is 0.254 e. The van der Waals surface area contributed by atoms with Crippen LogP contribution in [0.25, 0.3) is 0 Å². The molecule has 5 rings (SSSR count). The minimum atomic E-state index is -0.0344. The quantitative estimate of drug-likeness (QED) is 0.635. The van der Waals surface area contributed by atoms with Gasteiger partial charge in [-0.15, -0.1) is 0 Å². The Morgan fingerprint density at radius 2 is 1.74 bits per heavy atom. The Bertz CT molecular complexity index is 1120. The Balaban J connectivity index is 1.44. The molecule has 0 N–H and O–H groups in total. The minimum Gasteiger partial charge on any atom is -0.493 e. The lowest BCUT2D eigenvalue weighted by molar-refractivity contribution is 0.0727. The number of fused-ring (bicyclic) bond motifs is 2. The van der Waals surface area contributed by atoms with E-state index >= 15 is 0 Å². The summed E-state index contributed by atoms with van der Waals surface area (Å²) < 4.78 is 18.8. The van der Waals surface area contributed by atoms with Gasteiger partial charge < -0.3 is 19.1 Å². The van der Waals surface area contributed by atoms with Gasteiger partial charge in [-0.3, -0.25) is 9.48 Å². The second-order valence-electron chi connectivity index (χ2n) is 7.96. The first-order valence-electron chi connectivity index (χ1n) is 10.5. The number of aryl methyl sites for hydroxylation is 2. The predicted molar refractivity (Wildman–Crippen MR) is 115 cm³/mol. The van der Waals surface area contributed by atoms with Crippen LogP contribution in [0.3, 0.4) is 0 Å². The molecule has 0 unspecified atom stereocenters. The number of carbonyl (C=O) groups is 1. The lowest BCUT2D eigenvalue weighted by Crippen LogP contribution is -2.30. The molecule has 0 spiro atoms. The van der Waals surface area contributed by atoms with E-state index in [4.69, 9.17) is 14.2 Å². The third kappa shape index (κ3) is 3.95. The molecule has 7 heteroatoms. The van der Waals surface area contributed by atoms with Gasteiger partial charge in [0.05, 0.1) is 18.8 Å². The fourth-order valence-corrected chi connectivity index (χ4v) is 4.02. The zero-order chi connectivity index (χ0) is 21.4. The Labute approximate surface area is 181 Å². The number of aromatic nitrogens is 2. The average Bonchev–Trinajstić information content (AvgIpc) is 3.38. The number of ether oxygens (including phenoxy) is 3. The standard InChI is InChI=1S/C24H25N3O4/c1-16-11-20(25-26(16)2)15-27(14-17-3-5-22-23(12-17)31-10-9-30-22)24(28)19-4-6-21-18(13-19)7-8-29-21/h3-6,11-13H,7-10,14-15H2,1-2H3. The summed E-state index contributed by atoms with van der Waals surface area (Å²) in [6.45, 7) is 4.62. The van der Waals surface area contributed by atoms with E-state index in [2.05, 4.69) is 5.10 Å². The first-order valence-corrected chi connectivity index (χ1v) is 10.5. The van der Waals surface area contributed by atoms with Gasteiger partial charge in [-0.25, -0.2) is 0 Å². The van der Waals surface area contributed by atoms with Crippen LogP contribution in [0.2, 0.25) is 0 Å². The first kappa shape index (κ1) is 19.5. The van der Waals surface area contributed by atoms with E-state index in [1.54, 1.807) is 0 Å². The number of hydrogen-bond acceptors (Lipinski definition) is 5. The van der Waals surface area contributed by atoms with Crippen LogP contribution >= 0.6 is 0 Å². The molecule has 0 fully saturated rings. The molecule has 0 saturated carbocycles. The van der Waals surface area contributed by atoms with Crippen LogP contribution in [0.4, 0.5) is 0 Å². The van der Waals surface area contributed by atoms with Crippen molar-refractivity contribution >= 4 is 5.91 Å². The SMILES string of the molecule is Cc1cc(CN(Cc2ccc3c(c2)OCCO3)C(=O)c2ccc3c(c2)CCO3)nn1C. The van der Waals surface area contributed by atoms with Crippen molar-refractivity contribution in [2.24, 2.45) is 7.05 Å². The Morgan fingerprint density at radius 1 is 0.968 bits per heavy atom. The van der Waals surface area contributed by atoms with Gasteiger partial charge in [0.15, 0.2) is 11.5 Å². The zero-order valence-electron chi connectivity index (χ0n) is 17.8. The molecular weight excluding hydrogens is 394 g/mol. The number of hydrogen-bond donors (Lipinski definition) is 0. The molecule has 3 heterocycles. The lowest BCUT2D eigenvalue weighted by Gasteiger charge is -2.24. The Morgan fingerprint density at radius 3 is 2.55 bits per heavy atom. The number of amides is 1. The van der Waals surface area contributed by atoms with Gasteiger partial charge in [0.2, 0.25) is 0 Å². The van der Waals surface area contributed by atoms with Crippen molar-refractivity contribution in [3.8, 4) is 17.2 Å². The summed E-state index contributed by atoms with van der Waals surface area (Å²) in [6, 6.07) is 13.5. The lowest BCUT2D eigenvalue weighted by atomic mass is 10.1. The number of nitrogens with zero attached hydrogens (tertiary/aromatic N) is 3. The molecule has 2 aliphatic rings. The Kier molecular flexibility index (Phi) is 5.02. The van der Waals surface area contributed by atoms with E-state index in [-0.39, 0.29) is 5.91 Å². The van der Waals surface area contributed by atoms with Crippen LogP contribution < -0.4 is 14.2 Å². The highest BCUT2D eigenvalue weighted by molar-refractivity contribution is 5.94. The average molecular weight is 419 g/mol. The van der Waals surface area contributed by atoms with Crippen molar-refractivity contribution in [3.63, 3.8) is 0 Å². The summed E-state index contributed by atoms with van der Waals surface area (Å²) >= 11 is 0. The highest BCUT2D eigenvalue weighted by Gasteiger charge is 2.22. The topological polar surface area (TPSA) is 65.8 Å². The summed E-state index contributed by atoms with van der Waals surface area (Å²) in [6.07, 6.45) is 0.831. The highest BCUT2D eigenvalue weighted by Crippen LogP contribution is 2.32. The second-order valence-corrected chi connectivity index (χ2v) is 7.96. The molecule has 2 aliphatic heterocycles. The summed E-state index contributed by atoms with van der Waals surface area (Å²) in [7, 11) is 1.91. The van der Waals surface area contributed by atoms with E-state index in [9.17, 15) is 4.79 Å². The van der Waals surface area contributed by atoms with E-state index in [1.807, 2.05) is 66.0 Å². The summed E-state index contributed by atoms with van der Waals surface area (Å²) in [5.41, 5.74) is 4.63. The molecule has 7 nitrogen and oxygen atoms in total. The van der Waals surface area contributed by atoms with Crippen molar-refractivity contribution < 1.29 is 19.0 Å². The van der Waals surface area contributed by atoms with Gasteiger partial charge in [0.25, 0.3) is 5.91 Å². The van der Waals surface area contributed by atoms with E-state index in [0.717, 1.165) is 46.2 Å². The monoisotopic (exact) mass is 419 g/mol. The molecule has 2 aromatic carbocycles. The van der Waals surface area contributed by atoms with Crippen LogP contribution in [-0.2, 0) is 26.6 Å². The number of rotatable bonds is 5. The maximum absolute atomic E-state index is 13.5. The molecule has 0 bridgehead atoms. The van der Waals surface area contributed by atoms with Crippen LogP contribution in [-0.4, -0.2) is 40.4 Å². The van der Waals surface area contributed by atoms with Gasteiger partial charge >= 0.3 is 0 Å². The highest BCUT2D eigenvalue weighted by atomic mass is 16.6. The van der Waals surface area contributed by atoms with Crippen molar-refractivity contribution in [1.29, 1.82) is 0 Å². The minimum absolute atomic E-state index is 0.0344. The van der Waals surface area contributed by atoms with Crippen LogP contribution in [0.15, 0.2) is 42.5 Å². The summed E-state index contributed by atoms with van der Waals surface area (Å²) in [5, 5.41) is 4.55. The molecule has 0 saturated heterocycles. The molecule has 31 heavy (non-hydrogen) atoms. The predicted octanol–water partition coefficient (Wildman–Crippen LogP) is 3.28. The van der Waals surface area contributed by atoms with E-state index in [1.165, 1.54) is 0 Å². The third-order valence-electron chi connectivity index (χ3n) is 5.72. The van der Waals surface area contributed by atoms with Gasteiger partial charge in [-0.2, -0.15) is 5.10 Å². The van der Waals surface area contributed by atoms with Crippen molar-refractivity contribution in [2.45, 2.75) is 26.4 Å². The fourth-order valence-electron chi connectivity index (χ4n) is 4.02. The van der Waals surface area contributed by atoms with Crippen molar-refractivity contribution in [1.82, 2.24) is 14.7 Å². The first-order chi connectivity index (χ1) is 15.1. The largest absolute Gasteiger partial charge is 0.493 e. The molecule has 0 aliphatic carbocycles. The van der Waals surface area contributed by atoms with Crippen LogP contribution in [0.5, 0.6) is 17.2 Å². The maximum atomic E-state index is 13.5. The third-order valence-corrected chi connectivity index (χ3v) is 5.72. The summed E-state index contributed by atoms with van der Waals surface area (Å²) in [5.74, 6) is 2.30. The second kappa shape index (κ2) is 7.98. The molecule has 160 valence electrons. The van der Waals surface area contributed by atoms with Gasteiger partial charge in [0, 0.05) is 31.3 Å². The molecule has 1 aromatic heterocycles. The molecule has 3 aromatic rings. The molecule has 0 atom stereocenters. The van der Waals surface area contributed by atoms with Gasteiger partial charge in [-0.1, -0.05) is 6.07 Å². The normalized spacial score (nSPS) is 14.1. The van der Waals surface area contributed by atoms with E-state index < -0.39 is 0 Å². The number of carbonyl (C=O) groups excluding carboxylic acids is 1. The van der Waals surface area contributed by atoms with Crippen LogP contribution in [0, 0.1) is 6.92 Å².